The molecule has 0 saturated carbocycles. The topological polar surface area (TPSA) is 55.4 Å². The molecule has 2 heterocycles. The molecular formula is C15H20BrNO3S. The highest BCUT2D eigenvalue weighted by molar-refractivity contribution is 9.10. The normalized spacial score (nSPS) is 18.7. The third-order valence-electron chi connectivity index (χ3n) is 3.33. The minimum Gasteiger partial charge on any atom is -0.456 e. The fourth-order valence-electron chi connectivity index (χ4n) is 2.33. The van der Waals surface area contributed by atoms with Crippen LogP contribution in [0.1, 0.15) is 48.8 Å². The summed E-state index contributed by atoms with van der Waals surface area (Å²) in [4.78, 5) is 24.5. The van der Waals surface area contributed by atoms with E-state index >= 15 is 0 Å². The van der Waals surface area contributed by atoms with Gasteiger partial charge in [-0.2, -0.15) is 0 Å². The van der Waals surface area contributed by atoms with E-state index < -0.39 is 5.60 Å². The lowest BCUT2D eigenvalue weighted by Crippen LogP contribution is -2.24. The molecule has 1 fully saturated rings. The second-order valence-electron chi connectivity index (χ2n) is 6.21. The first-order valence-electron chi connectivity index (χ1n) is 7.05. The van der Waals surface area contributed by atoms with E-state index in [0.29, 0.717) is 11.3 Å². The van der Waals surface area contributed by atoms with E-state index in [1.54, 1.807) is 0 Å². The van der Waals surface area contributed by atoms with Crippen LogP contribution in [0.2, 0.25) is 0 Å². The highest BCUT2D eigenvalue weighted by Gasteiger charge is 2.27. The van der Waals surface area contributed by atoms with Crippen molar-refractivity contribution in [2.75, 3.05) is 6.54 Å². The van der Waals surface area contributed by atoms with Crippen LogP contribution in [0.3, 0.4) is 0 Å². The van der Waals surface area contributed by atoms with Crippen LogP contribution < -0.4 is 5.32 Å². The van der Waals surface area contributed by atoms with E-state index in [2.05, 4.69) is 21.2 Å². The quantitative estimate of drug-likeness (QED) is 0.821. The smallest absolute Gasteiger partial charge is 0.349 e. The van der Waals surface area contributed by atoms with Crippen molar-refractivity contribution in [1.29, 1.82) is 0 Å². The van der Waals surface area contributed by atoms with Crippen molar-refractivity contribution >= 4 is 39.1 Å². The number of hydrogen-bond donors (Lipinski definition) is 1. The Bertz CT molecular complexity index is 548. The summed E-state index contributed by atoms with van der Waals surface area (Å²) in [6.07, 6.45) is 2.34. The van der Waals surface area contributed by atoms with Crippen molar-refractivity contribution in [3.63, 3.8) is 0 Å². The molecule has 1 atom stereocenters. The minimum atomic E-state index is -0.504. The number of halogens is 1. The second kappa shape index (κ2) is 6.48. The van der Waals surface area contributed by atoms with Gasteiger partial charge in [-0.25, -0.2) is 4.79 Å². The standard InChI is InChI=1S/C15H20BrNO3S/c1-15(2,3)20-14(19)12-10(11(16)8-21-12)5-4-9-6-7-17-13(9)18/h8-9H,4-7H2,1-3H3,(H,17,18). The molecule has 0 spiro atoms. The van der Waals surface area contributed by atoms with Crippen molar-refractivity contribution in [2.24, 2.45) is 5.92 Å². The number of rotatable bonds is 4. The Morgan fingerprint density at radius 1 is 1.52 bits per heavy atom. The van der Waals surface area contributed by atoms with Gasteiger partial charge >= 0.3 is 5.97 Å². The lowest BCUT2D eigenvalue weighted by Gasteiger charge is -2.19. The SMILES string of the molecule is CC(C)(C)OC(=O)c1scc(Br)c1CCC1CCNC1=O. The van der Waals surface area contributed by atoms with Crippen LogP contribution in [-0.4, -0.2) is 24.0 Å². The first-order valence-corrected chi connectivity index (χ1v) is 8.72. The summed E-state index contributed by atoms with van der Waals surface area (Å²) in [5.74, 6) is -0.104. The van der Waals surface area contributed by atoms with Gasteiger partial charge in [-0.05, 0) is 61.5 Å². The predicted molar refractivity (Wildman–Crippen MR) is 86.6 cm³/mol. The number of carbonyl (C=O) groups excluding carboxylic acids is 2. The number of hydrogen-bond acceptors (Lipinski definition) is 4. The van der Waals surface area contributed by atoms with Crippen molar-refractivity contribution in [3.05, 3.63) is 20.3 Å². The fourth-order valence-corrected chi connectivity index (χ4v) is 3.99. The molecule has 4 nitrogen and oxygen atoms in total. The van der Waals surface area contributed by atoms with Crippen LogP contribution in [0.15, 0.2) is 9.85 Å². The molecule has 6 heteroatoms. The van der Waals surface area contributed by atoms with E-state index in [4.69, 9.17) is 4.74 Å². The first-order chi connectivity index (χ1) is 9.78. The molecule has 1 aromatic heterocycles. The second-order valence-corrected chi connectivity index (χ2v) is 7.94. The Hall–Kier alpha value is -0.880. The van der Waals surface area contributed by atoms with Crippen molar-refractivity contribution < 1.29 is 14.3 Å². The predicted octanol–water partition coefficient (Wildman–Crippen LogP) is 3.53. The zero-order valence-electron chi connectivity index (χ0n) is 12.5. The highest BCUT2D eigenvalue weighted by atomic mass is 79.9. The van der Waals surface area contributed by atoms with Gasteiger partial charge in [-0.15, -0.1) is 11.3 Å². The van der Waals surface area contributed by atoms with Gasteiger partial charge in [0.2, 0.25) is 5.91 Å². The Morgan fingerprint density at radius 3 is 2.81 bits per heavy atom. The summed E-state index contributed by atoms with van der Waals surface area (Å²) < 4.78 is 6.36. The molecule has 21 heavy (non-hydrogen) atoms. The Kier molecular flexibility index (Phi) is 5.09. The van der Waals surface area contributed by atoms with Gasteiger partial charge in [-0.1, -0.05) is 0 Å². The van der Waals surface area contributed by atoms with Crippen LogP contribution in [0.4, 0.5) is 0 Å². The fraction of sp³-hybridized carbons (Fsp3) is 0.600. The zero-order chi connectivity index (χ0) is 15.6. The molecule has 1 amide bonds. The molecule has 1 aliphatic rings. The molecule has 1 unspecified atom stereocenters. The third kappa shape index (κ3) is 4.30. The number of ether oxygens (including phenoxy) is 1. The molecule has 0 bridgehead atoms. The maximum absolute atomic E-state index is 12.2. The third-order valence-corrected chi connectivity index (χ3v) is 5.35. The van der Waals surface area contributed by atoms with Crippen molar-refractivity contribution in [1.82, 2.24) is 5.32 Å². The van der Waals surface area contributed by atoms with Gasteiger partial charge in [0.25, 0.3) is 0 Å². The molecule has 2 rings (SSSR count). The maximum Gasteiger partial charge on any atom is 0.349 e. The van der Waals surface area contributed by atoms with Crippen LogP contribution in [0.25, 0.3) is 0 Å². The van der Waals surface area contributed by atoms with E-state index in [1.807, 2.05) is 26.2 Å². The van der Waals surface area contributed by atoms with Gasteiger partial charge in [0.15, 0.2) is 0 Å². The Labute approximate surface area is 137 Å². The van der Waals surface area contributed by atoms with Gasteiger partial charge in [-0.3, -0.25) is 4.79 Å². The monoisotopic (exact) mass is 373 g/mol. The van der Waals surface area contributed by atoms with Crippen LogP contribution in [0, 0.1) is 5.92 Å². The van der Waals surface area contributed by atoms with Crippen LogP contribution in [-0.2, 0) is 16.0 Å². The number of nitrogens with one attached hydrogen (secondary N) is 1. The number of esters is 1. The largest absolute Gasteiger partial charge is 0.456 e. The van der Waals surface area contributed by atoms with E-state index in [9.17, 15) is 9.59 Å². The highest BCUT2D eigenvalue weighted by Crippen LogP contribution is 2.31. The Morgan fingerprint density at radius 2 is 2.24 bits per heavy atom. The van der Waals surface area contributed by atoms with Crippen LogP contribution >= 0.6 is 27.3 Å². The lowest BCUT2D eigenvalue weighted by molar-refractivity contribution is -0.122. The maximum atomic E-state index is 12.2. The summed E-state index contributed by atoms with van der Waals surface area (Å²) in [5.41, 5.74) is 0.449. The molecule has 0 radical (unpaired) electrons. The number of amides is 1. The summed E-state index contributed by atoms with van der Waals surface area (Å²) in [6.45, 7) is 6.33. The summed E-state index contributed by atoms with van der Waals surface area (Å²) in [6, 6.07) is 0. The Balaban J connectivity index is 2.07. The van der Waals surface area contributed by atoms with E-state index in [1.165, 1.54) is 11.3 Å². The molecule has 1 saturated heterocycles. The average Bonchev–Trinajstić information content (AvgIpc) is 2.91. The van der Waals surface area contributed by atoms with Gasteiger partial charge in [0.05, 0.1) is 0 Å². The molecule has 116 valence electrons. The van der Waals surface area contributed by atoms with Gasteiger partial charge in [0.1, 0.15) is 10.5 Å². The summed E-state index contributed by atoms with van der Waals surface area (Å²) in [5, 5.41) is 4.75. The molecule has 1 aromatic rings. The molecule has 1 N–H and O–H groups in total. The van der Waals surface area contributed by atoms with Gasteiger partial charge in [0, 0.05) is 22.3 Å². The molecule has 1 aliphatic heterocycles. The van der Waals surface area contributed by atoms with Crippen LogP contribution in [0.5, 0.6) is 0 Å². The molecular weight excluding hydrogens is 354 g/mol. The first kappa shape index (κ1) is 16.5. The summed E-state index contributed by atoms with van der Waals surface area (Å²) in [7, 11) is 0. The van der Waals surface area contributed by atoms with Gasteiger partial charge < -0.3 is 10.1 Å². The average molecular weight is 374 g/mol. The van der Waals surface area contributed by atoms with E-state index in [0.717, 1.165) is 29.4 Å². The minimum absolute atomic E-state index is 0.0586. The van der Waals surface area contributed by atoms with Crippen molar-refractivity contribution in [2.45, 2.75) is 45.6 Å². The van der Waals surface area contributed by atoms with Crippen molar-refractivity contribution in [3.8, 4) is 0 Å². The number of carbonyl (C=O) groups is 2. The zero-order valence-corrected chi connectivity index (χ0v) is 14.9. The molecule has 0 aromatic carbocycles. The lowest BCUT2D eigenvalue weighted by atomic mass is 9.98. The number of thiophene rings is 1. The summed E-state index contributed by atoms with van der Waals surface area (Å²) >= 11 is 4.88. The van der Waals surface area contributed by atoms with E-state index in [-0.39, 0.29) is 17.8 Å². The molecule has 0 aliphatic carbocycles.